The van der Waals surface area contributed by atoms with Gasteiger partial charge in [-0.3, -0.25) is 0 Å². The number of ether oxygens (including phenoxy) is 2. The maximum absolute atomic E-state index is 5.54. The average molecular weight is 194 g/mol. The van der Waals surface area contributed by atoms with Gasteiger partial charge in [-0.05, 0) is 0 Å². The fourth-order valence-electron chi connectivity index (χ4n) is 1.16. The van der Waals surface area contributed by atoms with Crippen LogP contribution in [-0.4, -0.2) is 29.3 Å². The van der Waals surface area contributed by atoms with E-state index in [1.54, 1.807) is 12.4 Å². The predicted octanol–water partition coefficient (Wildman–Crippen LogP) is 1.38. The van der Waals surface area contributed by atoms with E-state index in [2.05, 4.69) is 23.8 Å². The summed E-state index contributed by atoms with van der Waals surface area (Å²) < 4.78 is 10.5. The van der Waals surface area contributed by atoms with Crippen LogP contribution in [-0.2, 0) is 4.74 Å². The van der Waals surface area contributed by atoms with E-state index in [4.69, 9.17) is 9.47 Å². The molecule has 0 unspecified atom stereocenters. The lowest BCUT2D eigenvalue weighted by Gasteiger charge is -2.26. The molecule has 1 aliphatic heterocycles. The summed E-state index contributed by atoms with van der Waals surface area (Å²) in [4.78, 5) is 8.43. The molecule has 1 aliphatic rings. The molecule has 0 radical (unpaired) electrons. The summed E-state index contributed by atoms with van der Waals surface area (Å²) in [6, 6.07) is 0. The van der Waals surface area contributed by atoms with Crippen molar-refractivity contribution in [1.29, 1.82) is 0 Å². The Morgan fingerprint density at radius 1 is 1.36 bits per heavy atom. The predicted molar refractivity (Wildman–Crippen MR) is 51.4 cm³/mol. The zero-order chi connectivity index (χ0) is 9.97. The highest BCUT2D eigenvalue weighted by atomic mass is 16.6. The summed E-state index contributed by atoms with van der Waals surface area (Å²) in [7, 11) is 0. The normalized spacial score (nSPS) is 16.8. The molecular formula is C10H14N2O2. The molecule has 0 spiro atoms. The van der Waals surface area contributed by atoms with Gasteiger partial charge in [-0.25, -0.2) is 9.97 Å². The Kier molecular flexibility index (Phi) is 2.63. The maximum Gasteiger partial charge on any atom is 0.156 e. The van der Waals surface area contributed by atoms with Gasteiger partial charge in [0.15, 0.2) is 5.75 Å². The first-order chi connectivity index (χ1) is 6.75. The van der Waals surface area contributed by atoms with Gasteiger partial charge in [0.2, 0.25) is 0 Å². The minimum atomic E-state index is 0.184. The zero-order valence-electron chi connectivity index (χ0n) is 8.43. The number of rotatable bonds is 3. The Hall–Kier alpha value is -1.16. The Labute approximate surface area is 83.3 Å². The van der Waals surface area contributed by atoms with Crippen molar-refractivity contribution in [3.63, 3.8) is 0 Å². The largest absolute Gasteiger partial charge is 0.482 e. The molecule has 0 bridgehead atoms. The zero-order valence-corrected chi connectivity index (χ0v) is 8.43. The standard InChI is InChI=1S/C10H14N2O2/c1-7(2)10-11-3-8(4-12-10)14-9-5-13-6-9/h3-4,7,9H,5-6H2,1-2H3. The Morgan fingerprint density at radius 2 is 2.00 bits per heavy atom. The molecule has 1 aromatic heterocycles. The molecule has 0 amide bonds. The van der Waals surface area contributed by atoms with Crippen LogP contribution in [0.3, 0.4) is 0 Å². The van der Waals surface area contributed by atoms with E-state index in [0.29, 0.717) is 19.1 Å². The van der Waals surface area contributed by atoms with Crippen LogP contribution in [0.15, 0.2) is 12.4 Å². The minimum absolute atomic E-state index is 0.184. The maximum atomic E-state index is 5.54. The molecule has 1 saturated heterocycles. The van der Waals surface area contributed by atoms with Crippen LogP contribution < -0.4 is 4.74 Å². The Balaban J connectivity index is 1.98. The van der Waals surface area contributed by atoms with Gasteiger partial charge >= 0.3 is 0 Å². The van der Waals surface area contributed by atoms with Crippen molar-refractivity contribution in [2.24, 2.45) is 0 Å². The van der Waals surface area contributed by atoms with E-state index in [-0.39, 0.29) is 6.10 Å². The van der Waals surface area contributed by atoms with E-state index in [1.165, 1.54) is 0 Å². The molecule has 2 heterocycles. The molecule has 0 saturated carbocycles. The van der Waals surface area contributed by atoms with Crippen LogP contribution in [0.5, 0.6) is 5.75 Å². The molecule has 4 heteroatoms. The van der Waals surface area contributed by atoms with Crippen molar-refractivity contribution in [1.82, 2.24) is 9.97 Å². The van der Waals surface area contributed by atoms with Crippen LogP contribution in [0, 0.1) is 0 Å². The number of hydrogen-bond donors (Lipinski definition) is 0. The molecule has 14 heavy (non-hydrogen) atoms. The van der Waals surface area contributed by atoms with E-state index in [0.717, 1.165) is 11.6 Å². The second-order valence-electron chi connectivity index (χ2n) is 3.71. The van der Waals surface area contributed by atoms with Gasteiger partial charge in [0.25, 0.3) is 0 Å². The van der Waals surface area contributed by atoms with Crippen molar-refractivity contribution in [3.05, 3.63) is 18.2 Å². The first-order valence-electron chi connectivity index (χ1n) is 4.82. The highest BCUT2D eigenvalue weighted by molar-refractivity contribution is 5.14. The Bertz CT molecular complexity index is 293. The molecular weight excluding hydrogens is 180 g/mol. The van der Waals surface area contributed by atoms with E-state index >= 15 is 0 Å². The second kappa shape index (κ2) is 3.92. The van der Waals surface area contributed by atoms with Crippen LogP contribution in [0.25, 0.3) is 0 Å². The SMILES string of the molecule is CC(C)c1ncc(OC2COC2)cn1. The minimum Gasteiger partial charge on any atom is -0.482 e. The van der Waals surface area contributed by atoms with Crippen LogP contribution >= 0.6 is 0 Å². The van der Waals surface area contributed by atoms with Crippen LogP contribution in [0.1, 0.15) is 25.6 Å². The third kappa shape index (κ3) is 2.01. The van der Waals surface area contributed by atoms with Gasteiger partial charge in [0.05, 0.1) is 25.6 Å². The van der Waals surface area contributed by atoms with Crippen molar-refractivity contribution in [2.45, 2.75) is 25.9 Å². The molecule has 4 nitrogen and oxygen atoms in total. The summed E-state index contributed by atoms with van der Waals surface area (Å²) in [5.41, 5.74) is 0. The number of aromatic nitrogens is 2. The van der Waals surface area contributed by atoms with Gasteiger partial charge < -0.3 is 9.47 Å². The van der Waals surface area contributed by atoms with Crippen LogP contribution in [0.2, 0.25) is 0 Å². The fraction of sp³-hybridized carbons (Fsp3) is 0.600. The van der Waals surface area contributed by atoms with Crippen molar-refractivity contribution in [2.75, 3.05) is 13.2 Å². The summed E-state index contributed by atoms with van der Waals surface area (Å²) in [5.74, 6) is 1.93. The summed E-state index contributed by atoms with van der Waals surface area (Å²) in [6.45, 7) is 5.48. The van der Waals surface area contributed by atoms with Crippen molar-refractivity contribution in [3.8, 4) is 5.75 Å². The molecule has 0 aromatic carbocycles. The van der Waals surface area contributed by atoms with Gasteiger partial charge in [0.1, 0.15) is 11.9 Å². The summed E-state index contributed by atoms with van der Waals surface area (Å²) >= 11 is 0. The Morgan fingerprint density at radius 3 is 2.43 bits per heavy atom. The second-order valence-corrected chi connectivity index (χ2v) is 3.71. The van der Waals surface area contributed by atoms with Gasteiger partial charge in [-0.1, -0.05) is 13.8 Å². The van der Waals surface area contributed by atoms with Crippen molar-refractivity contribution >= 4 is 0 Å². The lowest BCUT2D eigenvalue weighted by molar-refractivity contribution is -0.0799. The summed E-state index contributed by atoms with van der Waals surface area (Å²) in [5, 5.41) is 0. The van der Waals surface area contributed by atoms with Gasteiger partial charge in [-0.2, -0.15) is 0 Å². The first-order valence-corrected chi connectivity index (χ1v) is 4.82. The molecule has 0 aliphatic carbocycles. The van der Waals surface area contributed by atoms with E-state index in [1.807, 2.05) is 0 Å². The molecule has 1 fully saturated rings. The van der Waals surface area contributed by atoms with Gasteiger partial charge in [-0.15, -0.1) is 0 Å². The molecule has 2 rings (SSSR count). The third-order valence-corrected chi connectivity index (χ3v) is 2.07. The highest BCUT2D eigenvalue weighted by Crippen LogP contribution is 2.15. The molecule has 0 atom stereocenters. The lowest BCUT2D eigenvalue weighted by atomic mass is 10.2. The highest BCUT2D eigenvalue weighted by Gasteiger charge is 2.20. The lowest BCUT2D eigenvalue weighted by Crippen LogP contribution is -2.38. The smallest absolute Gasteiger partial charge is 0.156 e. The number of hydrogen-bond acceptors (Lipinski definition) is 4. The van der Waals surface area contributed by atoms with Crippen LogP contribution in [0.4, 0.5) is 0 Å². The topological polar surface area (TPSA) is 44.2 Å². The number of nitrogens with zero attached hydrogens (tertiary/aromatic N) is 2. The molecule has 1 aromatic rings. The monoisotopic (exact) mass is 194 g/mol. The molecule has 76 valence electrons. The van der Waals surface area contributed by atoms with E-state index < -0.39 is 0 Å². The quantitative estimate of drug-likeness (QED) is 0.729. The fourth-order valence-corrected chi connectivity index (χ4v) is 1.16. The van der Waals surface area contributed by atoms with Crippen molar-refractivity contribution < 1.29 is 9.47 Å². The molecule has 0 N–H and O–H groups in total. The first kappa shape index (κ1) is 9.40. The average Bonchev–Trinajstić information content (AvgIpc) is 2.12. The third-order valence-electron chi connectivity index (χ3n) is 2.07. The summed E-state index contributed by atoms with van der Waals surface area (Å²) in [6.07, 6.45) is 3.63. The van der Waals surface area contributed by atoms with E-state index in [9.17, 15) is 0 Å². The van der Waals surface area contributed by atoms with Gasteiger partial charge in [0, 0.05) is 5.92 Å².